The number of rotatable bonds is 3. The van der Waals surface area contributed by atoms with Crippen molar-refractivity contribution in [2.24, 2.45) is 0 Å². The van der Waals surface area contributed by atoms with Crippen LogP contribution < -0.4 is 10.6 Å². The highest BCUT2D eigenvalue weighted by Gasteiger charge is 2.46. The van der Waals surface area contributed by atoms with Crippen molar-refractivity contribution in [2.45, 2.75) is 31.6 Å². The molecule has 1 aromatic carbocycles. The van der Waals surface area contributed by atoms with Gasteiger partial charge in [0.15, 0.2) is 11.7 Å². The smallest absolute Gasteiger partial charge is 0.363 e. The normalized spacial score (nSPS) is 18.4. The predicted molar refractivity (Wildman–Crippen MR) is 107 cm³/mol. The molecule has 0 aliphatic carbocycles. The molecule has 3 aromatic rings. The summed E-state index contributed by atoms with van der Waals surface area (Å²) in [5, 5.41) is 9.89. The van der Waals surface area contributed by atoms with Crippen LogP contribution in [0.15, 0.2) is 48.7 Å². The highest BCUT2D eigenvalue weighted by molar-refractivity contribution is 6.30. The number of carbonyl (C=O) groups excluding carboxylic acids is 1. The third-order valence-corrected chi connectivity index (χ3v) is 5.09. The lowest BCUT2D eigenvalue weighted by molar-refractivity contribution is -0.173. The van der Waals surface area contributed by atoms with Gasteiger partial charge in [0.05, 0.1) is 11.1 Å². The van der Waals surface area contributed by atoms with E-state index < -0.39 is 24.2 Å². The van der Waals surface area contributed by atoms with Crippen LogP contribution >= 0.6 is 11.6 Å². The highest BCUT2D eigenvalue weighted by atomic mass is 35.5. The maximum Gasteiger partial charge on any atom is 0.410 e. The SMILES string of the molecule is Cc1ccc([C@@H]2C[C@@H](C(F)(F)F)n3nc(C(=O)Nc4ccc(Cl)cn4)cc3N2)cc1. The Morgan fingerprint density at radius 2 is 1.97 bits per heavy atom. The summed E-state index contributed by atoms with van der Waals surface area (Å²) in [5.41, 5.74) is 1.61. The highest BCUT2D eigenvalue weighted by Crippen LogP contribution is 2.43. The van der Waals surface area contributed by atoms with Crippen molar-refractivity contribution in [2.75, 3.05) is 10.6 Å². The minimum absolute atomic E-state index is 0.128. The lowest BCUT2D eigenvalue weighted by atomic mass is 9.96. The van der Waals surface area contributed by atoms with Crippen molar-refractivity contribution < 1.29 is 18.0 Å². The first kappa shape index (κ1) is 20.2. The van der Waals surface area contributed by atoms with Crippen LogP contribution in [0.3, 0.4) is 0 Å². The van der Waals surface area contributed by atoms with Crippen molar-refractivity contribution in [1.29, 1.82) is 0 Å². The Kier molecular flexibility index (Phi) is 5.15. The quantitative estimate of drug-likeness (QED) is 0.596. The van der Waals surface area contributed by atoms with Crippen molar-refractivity contribution in [3.05, 3.63) is 70.5 Å². The second kappa shape index (κ2) is 7.64. The van der Waals surface area contributed by atoms with Crippen LogP contribution in [0.1, 0.15) is 40.1 Å². The molecule has 0 saturated carbocycles. The molecule has 0 bridgehead atoms. The molecule has 0 radical (unpaired) electrons. The van der Waals surface area contributed by atoms with Crippen LogP contribution in [0.25, 0.3) is 0 Å². The van der Waals surface area contributed by atoms with Gasteiger partial charge in [-0.1, -0.05) is 41.4 Å². The predicted octanol–water partition coefficient (Wildman–Crippen LogP) is 5.15. The maximum absolute atomic E-state index is 13.8. The summed E-state index contributed by atoms with van der Waals surface area (Å²) < 4.78 is 42.1. The molecule has 156 valence electrons. The molecule has 2 N–H and O–H groups in total. The summed E-state index contributed by atoms with van der Waals surface area (Å²) in [6, 6.07) is 9.22. The van der Waals surface area contributed by atoms with E-state index in [9.17, 15) is 18.0 Å². The molecule has 6 nitrogen and oxygen atoms in total. The number of aromatic nitrogens is 3. The lowest BCUT2D eigenvalue weighted by Gasteiger charge is -2.33. The van der Waals surface area contributed by atoms with E-state index in [1.54, 1.807) is 12.1 Å². The van der Waals surface area contributed by atoms with Crippen LogP contribution in [0.4, 0.5) is 24.8 Å². The standard InChI is InChI=1S/C20H17ClF3N5O/c1-11-2-4-12(5-3-11)14-8-16(20(22,23)24)29-18(26-14)9-15(28-29)19(30)27-17-7-6-13(21)10-25-17/h2-7,9-10,14,16,26H,8H2,1H3,(H,25,27,30)/t14-,16-/m0/s1. The molecular formula is C20H17ClF3N5O. The van der Waals surface area contributed by atoms with Gasteiger partial charge in [-0.05, 0) is 24.6 Å². The molecule has 1 aliphatic heterocycles. The molecule has 2 atom stereocenters. The van der Waals surface area contributed by atoms with Gasteiger partial charge < -0.3 is 10.6 Å². The number of hydrogen-bond acceptors (Lipinski definition) is 4. The first-order chi connectivity index (χ1) is 14.2. The maximum atomic E-state index is 13.8. The lowest BCUT2D eigenvalue weighted by Crippen LogP contribution is -2.35. The van der Waals surface area contributed by atoms with Gasteiger partial charge in [0.1, 0.15) is 11.6 Å². The van der Waals surface area contributed by atoms with Crippen molar-refractivity contribution in [1.82, 2.24) is 14.8 Å². The molecule has 3 heterocycles. The summed E-state index contributed by atoms with van der Waals surface area (Å²) in [7, 11) is 0. The van der Waals surface area contributed by atoms with E-state index in [1.165, 1.54) is 24.4 Å². The fourth-order valence-corrected chi connectivity index (χ4v) is 3.44. The number of nitrogens with one attached hydrogen (secondary N) is 2. The van der Waals surface area contributed by atoms with Gasteiger partial charge in [0.2, 0.25) is 0 Å². The zero-order valence-electron chi connectivity index (χ0n) is 15.7. The fraction of sp³-hybridized carbons (Fsp3) is 0.250. The van der Waals surface area contributed by atoms with E-state index in [0.717, 1.165) is 15.8 Å². The molecular weight excluding hydrogens is 419 g/mol. The van der Waals surface area contributed by atoms with Crippen LogP contribution in [0.2, 0.25) is 5.02 Å². The molecule has 30 heavy (non-hydrogen) atoms. The number of amides is 1. The minimum atomic E-state index is -4.52. The van der Waals surface area contributed by atoms with Gasteiger partial charge in [-0.15, -0.1) is 0 Å². The molecule has 1 aliphatic rings. The number of anilines is 2. The zero-order valence-corrected chi connectivity index (χ0v) is 16.5. The number of hydrogen-bond donors (Lipinski definition) is 2. The fourth-order valence-electron chi connectivity index (χ4n) is 3.33. The van der Waals surface area contributed by atoms with E-state index in [4.69, 9.17) is 11.6 Å². The molecule has 0 unspecified atom stereocenters. The summed E-state index contributed by atoms with van der Waals surface area (Å²) >= 11 is 5.76. The molecule has 0 fully saturated rings. The molecule has 0 spiro atoms. The van der Waals surface area contributed by atoms with E-state index in [1.807, 2.05) is 19.1 Å². The van der Waals surface area contributed by atoms with Crippen LogP contribution in [-0.2, 0) is 0 Å². The number of alkyl halides is 3. The molecule has 10 heteroatoms. The summed E-state index contributed by atoms with van der Waals surface area (Å²) in [6.45, 7) is 1.91. The topological polar surface area (TPSA) is 71.8 Å². The number of benzene rings is 1. The number of aryl methyl sites for hydroxylation is 1. The third-order valence-electron chi connectivity index (χ3n) is 4.87. The second-order valence-corrected chi connectivity index (χ2v) is 7.51. The van der Waals surface area contributed by atoms with Gasteiger partial charge in [-0.25, -0.2) is 9.67 Å². The first-order valence-corrected chi connectivity index (χ1v) is 9.51. The van der Waals surface area contributed by atoms with E-state index in [0.29, 0.717) is 5.02 Å². The average molecular weight is 436 g/mol. The monoisotopic (exact) mass is 435 g/mol. The number of nitrogens with zero attached hydrogens (tertiary/aromatic N) is 3. The van der Waals surface area contributed by atoms with Crippen LogP contribution in [-0.4, -0.2) is 26.8 Å². The van der Waals surface area contributed by atoms with Gasteiger partial charge in [0, 0.05) is 18.7 Å². The Morgan fingerprint density at radius 1 is 1.23 bits per heavy atom. The molecule has 4 rings (SSSR count). The third kappa shape index (κ3) is 4.11. The number of carbonyl (C=O) groups is 1. The summed E-state index contributed by atoms with van der Waals surface area (Å²) in [6.07, 6.45) is -3.40. The Bertz CT molecular complexity index is 1060. The van der Waals surface area contributed by atoms with E-state index in [-0.39, 0.29) is 23.8 Å². The summed E-state index contributed by atoms with van der Waals surface area (Å²) in [5.74, 6) is -0.321. The van der Waals surface area contributed by atoms with Gasteiger partial charge in [-0.2, -0.15) is 18.3 Å². The van der Waals surface area contributed by atoms with Gasteiger partial charge in [0.25, 0.3) is 5.91 Å². The second-order valence-electron chi connectivity index (χ2n) is 7.08. The van der Waals surface area contributed by atoms with Crippen molar-refractivity contribution in [3.8, 4) is 0 Å². The van der Waals surface area contributed by atoms with E-state index >= 15 is 0 Å². The largest absolute Gasteiger partial charge is 0.410 e. The Labute approximate surface area is 175 Å². The molecule has 1 amide bonds. The number of fused-ring (bicyclic) bond motifs is 1. The first-order valence-electron chi connectivity index (χ1n) is 9.13. The van der Waals surface area contributed by atoms with Gasteiger partial charge >= 0.3 is 6.18 Å². The minimum Gasteiger partial charge on any atom is -0.363 e. The van der Waals surface area contributed by atoms with Crippen LogP contribution in [0.5, 0.6) is 0 Å². The summed E-state index contributed by atoms with van der Waals surface area (Å²) in [4.78, 5) is 16.4. The zero-order chi connectivity index (χ0) is 21.5. The van der Waals surface area contributed by atoms with E-state index in [2.05, 4.69) is 20.7 Å². The Morgan fingerprint density at radius 3 is 2.60 bits per heavy atom. The molecule has 2 aromatic heterocycles. The average Bonchev–Trinajstić information content (AvgIpc) is 3.13. The number of halogens is 4. The van der Waals surface area contributed by atoms with Crippen LogP contribution in [0, 0.1) is 6.92 Å². The molecule has 0 saturated heterocycles. The Hall–Kier alpha value is -3.07. The van der Waals surface area contributed by atoms with Gasteiger partial charge in [-0.3, -0.25) is 4.79 Å². The number of pyridine rings is 1. The Balaban J connectivity index is 1.63. The van der Waals surface area contributed by atoms with Crippen molar-refractivity contribution >= 4 is 29.1 Å². The van der Waals surface area contributed by atoms with Crippen molar-refractivity contribution in [3.63, 3.8) is 0 Å².